The van der Waals surface area contributed by atoms with Crippen molar-refractivity contribution in [2.75, 3.05) is 26.2 Å². The van der Waals surface area contributed by atoms with Gasteiger partial charge in [0.15, 0.2) is 0 Å². The van der Waals surface area contributed by atoms with Crippen LogP contribution in [0.2, 0.25) is 0 Å². The molecule has 2 aliphatic rings. The molecule has 0 radical (unpaired) electrons. The van der Waals surface area contributed by atoms with E-state index < -0.39 is 20.0 Å². The second kappa shape index (κ2) is 7.50. The Balaban J connectivity index is 1.52. The fourth-order valence-electron chi connectivity index (χ4n) is 4.13. The van der Waals surface area contributed by atoms with Gasteiger partial charge in [0, 0.05) is 26.2 Å². The second-order valence-electron chi connectivity index (χ2n) is 7.86. The van der Waals surface area contributed by atoms with Gasteiger partial charge in [-0.1, -0.05) is 18.2 Å². The van der Waals surface area contributed by atoms with Crippen molar-refractivity contribution in [3.8, 4) is 0 Å². The molecule has 0 aromatic heterocycles. The Labute approximate surface area is 173 Å². The van der Waals surface area contributed by atoms with E-state index in [4.69, 9.17) is 0 Å². The molecule has 0 N–H and O–H groups in total. The van der Waals surface area contributed by atoms with Gasteiger partial charge < -0.3 is 0 Å². The Hall–Kier alpha value is -1.74. The first-order chi connectivity index (χ1) is 13.7. The van der Waals surface area contributed by atoms with Gasteiger partial charge >= 0.3 is 0 Å². The van der Waals surface area contributed by atoms with Gasteiger partial charge in [0.25, 0.3) is 0 Å². The molecule has 156 valence electrons. The summed E-state index contributed by atoms with van der Waals surface area (Å²) < 4.78 is 55.1. The monoisotopic (exact) mass is 434 g/mol. The topological polar surface area (TPSA) is 74.8 Å². The maximum Gasteiger partial charge on any atom is 0.243 e. The van der Waals surface area contributed by atoms with Crippen LogP contribution in [0.25, 0.3) is 0 Å². The third-order valence-corrected chi connectivity index (χ3v) is 9.80. The van der Waals surface area contributed by atoms with Crippen LogP contribution in [0, 0.1) is 13.8 Å². The van der Waals surface area contributed by atoms with E-state index in [0.717, 1.165) is 30.4 Å². The molecule has 6 nitrogen and oxygen atoms in total. The third kappa shape index (κ3) is 3.74. The van der Waals surface area contributed by atoms with Crippen molar-refractivity contribution >= 4 is 20.0 Å². The van der Waals surface area contributed by atoms with Crippen LogP contribution < -0.4 is 0 Å². The number of fused-ring (bicyclic) bond motifs is 1. The molecule has 1 heterocycles. The van der Waals surface area contributed by atoms with Crippen LogP contribution >= 0.6 is 0 Å². The lowest BCUT2D eigenvalue weighted by Gasteiger charge is -2.33. The summed E-state index contributed by atoms with van der Waals surface area (Å²) in [6.07, 6.45) is 2.98. The van der Waals surface area contributed by atoms with Crippen molar-refractivity contribution in [3.63, 3.8) is 0 Å². The highest BCUT2D eigenvalue weighted by molar-refractivity contribution is 7.89. The average molecular weight is 435 g/mol. The van der Waals surface area contributed by atoms with Gasteiger partial charge in [-0.25, -0.2) is 16.8 Å². The summed E-state index contributed by atoms with van der Waals surface area (Å²) in [7, 11) is -7.27. The van der Waals surface area contributed by atoms with Gasteiger partial charge in [0.05, 0.1) is 9.79 Å². The highest BCUT2D eigenvalue weighted by Gasteiger charge is 2.34. The molecule has 0 unspecified atom stereocenters. The quantitative estimate of drug-likeness (QED) is 0.741. The molecule has 0 saturated carbocycles. The number of hydrogen-bond acceptors (Lipinski definition) is 4. The Bertz CT molecular complexity index is 1150. The molecule has 0 bridgehead atoms. The Morgan fingerprint density at radius 2 is 1.34 bits per heavy atom. The maximum absolute atomic E-state index is 13.1. The van der Waals surface area contributed by atoms with Gasteiger partial charge in [-0.05, 0) is 73.6 Å². The summed E-state index contributed by atoms with van der Waals surface area (Å²) in [5.41, 5.74) is 3.92. The first-order valence-corrected chi connectivity index (χ1v) is 12.8. The minimum atomic E-state index is -3.64. The number of sulfonamides is 2. The summed E-state index contributed by atoms with van der Waals surface area (Å²) >= 11 is 0. The molecule has 0 amide bonds. The van der Waals surface area contributed by atoms with Crippen LogP contribution in [-0.2, 0) is 32.9 Å². The van der Waals surface area contributed by atoms with Gasteiger partial charge in [0.2, 0.25) is 20.0 Å². The van der Waals surface area contributed by atoms with Gasteiger partial charge in [-0.3, -0.25) is 0 Å². The summed E-state index contributed by atoms with van der Waals surface area (Å²) in [6.45, 7) is 4.26. The van der Waals surface area contributed by atoms with Gasteiger partial charge in [0.1, 0.15) is 0 Å². The molecule has 2 aromatic carbocycles. The van der Waals surface area contributed by atoms with E-state index in [1.54, 1.807) is 31.2 Å². The molecule has 29 heavy (non-hydrogen) atoms. The van der Waals surface area contributed by atoms with Crippen molar-refractivity contribution in [2.45, 2.75) is 42.9 Å². The predicted molar refractivity (Wildman–Crippen MR) is 112 cm³/mol. The molecule has 1 aliphatic carbocycles. The Morgan fingerprint density at radius 3 is 2.03 bits per heavy atom. The first kappa shape index (κ1) is 20.5. The minimum absolute atomic E-state index is 0.153. The van der Waals surface area contributed by atoms with Crippen molar-refractivity contribution in [3.05, 3.63) is 58.7 Å². The fourth-order valence-corrected chi connectivity index (χ4v) is 7.34. The number of hydrogen-bond donors (Lipinski definition) is 0. The number of aryl methyl sites for hydroxylation is 4. The summed E-state index contributed by atoms with van der Waals surface area (Å²) in [6, 6.07) is 10.7. The lowest BCUT2D eigenvalue weighted by molar-refractivity contribution is 0.272. The smallest absolute Gasteiger partial charge is 0.207 e. The zero-order valence-corrected chi connectivity index (χ0v) is 18.4. The van der Waals surface area contributed by atoms with Crippen LogP contribution in [0.4, 0.5) is 0 Å². The fraction of sp³-hybridized carbons (Fsp3) is 0.429. The maximum atomic E-state index is 13.1. The zero-order chi connectivity index (χ0) is 20.8. The van der Waals surface area contributed by atoms with Crippen LogP contribution in [0.5, 0.6) is 0 Å². The number of piperazine rings is 1. The van der Waals surface area contributed by atoms with Crippen LogP contribution in [-0.4, -0.2) is 51.6 Å². The highest BCUT2D eigenvalue weighted by Crippen LogP contribution is 2.28. The molecule has 8 heteroatoms. The highest BCUT2D eigenvalue weighted by atomic mass is 32.2. The minimum Gasteiger partial charge on any atom is -0.207 e. The van der Waals surface area contributed by atoms with Crippen molar-refractivity contribution in [1.29, 1.82) is 0 Å². The summed E-state index contributed by atoms with van der Waals surface area (Å²) in [5, 5.41) is 0. The van der Waals surface area contributed by atoms with Gasteiger partial charge in [-0.2, -0.15) is 8.61 Å². The molecule has 0 spiro atoms. The predicted octanol–water partition coefficient (Wildman–Crippen LogP) is 2.49. The average Bonchev–Trinajstić information content (AvgIpc) is 3.17. The summed E-state index contributed by atoms with van der Waals surface area (Å²) in [4.78, 5) is 0.608. The largest absolute Gasteiger partial charge is 0.243 e. The molecule has 1 saturated heterocycles. The van der Waals surface area contributed by atoms with E-state index >= 15 is 0 Å². The number of rotatable bonds is 4. The van der Waals surface area contributed by atoms with E-state index in [2.05, 4.69) is 0 Å². The molecule has 0 atom stereocenters. The molecular weight excluding hydrogens is 408 g/mol. The zero-order valence-electron chi connectivity index (χ0n) is 16.8. The van der Waals surface area contributed by atoms with Crippen molar-refractivity contribution in [2.24, 2.45) is 0 Å². The molecule has 4 rings (SSSR count). The SMILES string of the molecule is Cc1ccc(C)c(S(=O)(=O)N2CCN(S(=O)(=O)c3ccc4c(c3)CCC4)CC2)c1. The lowest BCUT2D eigenvalue weighted by Crippen LogP contribution is -2.50. The van der Waals surface area contributed by atoms with Crippen molar-refractivity contribution < 1.29 is 16.8 Å². The Morgan fingerprint density at radius 1 is 0.724 bits per heavy atom. The molecule has 1 aliphatic heterocycles. The van der Waals surface area contributed by atoms with Gasteiger partial charge in [-0.15, -0.1) is 0 Å². The van der Waals surface area contributed by atoms with Crippen LogP contribution in [0.15, 0.2) is 46.2 Å². The molecular formula is C21H26N2O4S2. The third-order valence-electron chi connectivity index (χ3n) is 5.87. The molecule has 1 fully saturated rings. The number of nitrogens with zero attached hydrogens (tertiary/aromatic N) is 2. The van der Waals surface area contributed by atoms with E-state index in [-0.39, 0.29) is 26.2 Å². The molecule has 2 aromatic rings. The first-order valence-electron chi connectivity index (χ1n) is 9.89. The van der Waals surface area contributed by atoms with E-state index in [0.29, 0.717) is 15.4 Å². The normalized spacial score (nSPS) is 18.7. The van der Waals surface area contributed by atoms with Crippen LogP contribution in [0.1, 0.15) is 28.7 Å². The summed E-state index contributed by atoms with van der Waals surface area (Å²) in [5.74, 6) is 0. The Kier molecular flexibility index (Phi) is 5.31. The second-order valence-corrected chi connectivity index (χ2v) is 11.7. The van der Waals surface area contributed by atoms with Crippen LogP contribution in [0.3, 0.4) is 0 Å². The van der Waals surface area contributed by atoms with E-state index in [1.165, 1.54) is 14.2 Å². The number of benzene rings is 2. The van der Waals surface area contributed by atoms with E-state index in [1.807, 2.05) is 19.1 Å². The lowest BCUT2D eigenvalue weighted by atomic mass is 10.1. The van der Waals surface area contributed by atoms with E-state index in [9.17, 15) is 16.8 Å². The van der Waals surface area contributed by atoms with Crippen molar-refractivity contribution in [1.82, 2.24) is 8.61 Å². The standard InChI is InChI=1S/C21H26N2O4S2/c1-16-6-7-17(2)21(14-16)29(26,27)23-12-10-22(11-13-23)28(24,25)20-9-8-18-4-3-5-19(18)15-20/h6-9,14-15H,3-5,10-13H2,1-2H3.